The van der Waals surface area contributed by atoms with Crippen LogP contribution in [0, 0.1) is 0 Å². The van der Waals surface area contributed by atoms with Gasteiger partial charge in [-0.2, -0.15) is 0 Å². The van der Waals surface area contributed by atoms with E-state index in [2.05, 4.69) is 10.6 Å². The van der Waals surface area contributed by atoms with Gasteiger partial charge in [0.1, 0.15) is 5.54 Å². The first kappa shape index (κ1) is 20.8. The highest BCUT2D eigenvalue weighted by Gasteiger charge is 2.40. The summed E-state index contributed by atoms with van der Waals surface area (Å²) in [7, 11) is 1.58. The molecule has 2 amide bonds. The Balaban J connectivity index is 2.09. The molecular formula is C21H30N2O4. The molecule has 0 aliphatic heterocycles. The van der Waals surface area contributed by atoms with Crippen molar-refractivity contribution < 1.29 is 19.1 Å². The number of ether oxygens (including phenoxy) is 2. The lowest BCUT2D eigenvalue weighted by Gasteiger charge is -2.36. The topological polar surface area (TPSA) is 76.7 Å². The number of carbonyl (C=O) groups excluding carboxylic acids is 2. The maximum atomic E-state index is 12.5. The van der Waals surface area contributed by atoms with Gasteiger partial charge in [0.25, 0.3) is 0 Å². The van der Waals surface area contributed by atoms with Crippen molar-refractivity contribution in [1.29, 1.82) is 0 Å². The number of benzene rings is 1. The summed E-state index contributed by atoms with van der Waals surface area (Å²) in [6.07, 6.45) is 7.50. The molecule has 0 heterocycles. The molecule has 1 aliphatic rings. The van der Waals surface area contributed by atoms with Crippen molar-refractivity contribution in [1.82, 2.24) is 10.6 Å². The predicted octanol–water partition coefficient (Wildman–Crippen LogP) is 3.06. The van der Waals surface area contributed by atoms with Crippen molar-refractivity contribution >= 4 is 17.9 Å². The fourth-order valence-electron chi connectivity index (χ4n) is 3.41. The van der Waals surface area contributed by atoms with Crippen LogP contribution in [0.15, 0.2) is 24.3 Å². The average Bonchev–Trinajstić information content (AvgIpc) is 2.68. The lowest BCUT2D eigenvalue weighted by molar-refractivity contribution is -0.133. The van der Waals surface area contributed by atoms with E-state index in [0.29, 0.717) is 37.5 Å². The molecule has 0 radical (unpaired) electrons. The summed E-state index contributed by atoms with van der Waals surface area (Å²) in [6.45, 7) is 4.90. The molecule has 1 aromatic carbocycles. The van der Waals surface area contributed by atoms with Crippen LogP contribution in [0.5, 0.6) is 11.5 Å². The Bertz CT molecular complexity index is 679. The van der Waals surface area contributed by atoms with Crippen molar-refractivity contribution in [3.63, 3.8) is 0 Å². The Kier molecular flexibility index (Phi) is 7.70. The number of rotatable bonds is 8. The molecule has 0 atom stereocenters. The molecule has 1 aliphatic carbocycles. The van der Waals surface area contributed by atoms with E-state index >= 15 is 0 Å². The van der Waals surface area contributed by atoms with E-state index in [1.807, 2.05) is 32.0 Å². The van der Waals surface area contributed by atoms with Gasteiger partial charge in [-0.15, -0.1) is 0 Å². The standard InChI is InChI=1S/C21H30N2O4/c1-4-22-20(25)21(13-7-6-8-14-21)23-19(24)12-10-16-9-11-17(27-5-2)18(15-16)26-3/h9-12,15H,4-8,13-14H2,1-3H3,(H,22,25)(H,23,24)/b12-10+. The SMILES string of the molecule is CCNC(=O)C1(NC(=O)/C=C/c2ccc(OCC)c(OC)c2)CCCCC1. The minimum atomic E-state index is -0.799. The minimum absolute atomic E-state index is 0.0887. The van der Waals surface area contributed by atoms with Gasteiger partial charge in [0.05, 0.1) is 13.7 Å². The van der Waals surface area contributed by atoms with Crippen LogP contribution in [0.25, 0.3) is 6.08 Å². The Hall–Kier alpha value is -2.50. The summed E-state index contributed by atoms with van der Waals surface area (Å²) < 4.78 is 10.8. The number of carbonyl (C=O) groups is 2. The van der Waals surface area contributed by atoms with Crippen LogP contribution in [0.3, 0.4) is 0 Å². The molecule has 6 heteroatoms. The van der Waals surface area contributed by atoms with Crippen LogP contribution >= 0.6 is 0 Å². The van der Waals surface area contributed by atoms with Gasteiger partial charge in [0, 0.05) is 12.6 Å². The highest BCUT2D eigenvalue weighted by Crippen LogP contribution is 2.30. The first-order chi connectivity index (χ1) is 13.0. The maximum absolute atomic E-state index is 12.5. The Morgan fingerprint density at radius 1 is 1.15 bits per heavy atom. The minimum Gasteiger partial charge on any atom is -0.493 e. The number of nitrogens with one attached hydrogen (secondary N) is 2. The number of hydrogen-bond acceptors (Lipinski definition) is 4. The third-order valence-corrected chi connectivity index (χ3v) is 4.76. The quantitative estimate of drug-likeness (QED) is 0.686. The summed E-state index contributed by atoms with van der Waals surface area (Å²) in [4.78, 5) is 25.0. The maximum Gasteiger partial charge on any atom is 0.245 e. The Morgan fingerprint density at radius 3 is 2.52 bits per heavy atom. The lowest BCUT2D eigenvalue weighted by Crippen LogP contribution is -2.59. The Morgan fingerprint density at radius 2 is 1.89 bits per heavy atom. The van der Waals surface area contributed by atoms with Crippen molar-refractivity contribution in [2.45, 2.75) is 51.5 Å². The molecule has 2 N–H and O–H groups in total. The van der Waals surface area contributed by atoms with Gasteiger partial charge in [0.2, 0.25) is 11.8 Å². The molecule has 6 nitrogen and oxygen atoms in total. The normalized spacial score (nSPS) is 16.0. The van der Waals surface area contributed by atoms with Crippen molar-refractivity contribution in [2.75, 3.05) is 20.3 Å². The molecule has 27 heavy (non-hydrogen) atoms. The molecule has 0 spiro atoms. The molecule has 148 valence electrons. The fourth-order valence-corrected chi connectivity index (χ4v) is 3.41. The molecule has 0 saturated heterocycles. The predicted molar refractivity (Wildman–Crippen MR) is 106 cm³/mol. The lowest BCUT2D eigenvalue weighted by atomic mass is 9.80. The third kappa shape index (κ3) is 5.49. The summed E-state index contributed by atoms with van der Waals surface area (Å²) in [5.74, 6) is 0.926. The van der Waals surface area contributed by atoms with E-state index in [-0.39, 0.29) is 11.8 Å². The van der Waals surface area contributed by atoms with Gasteiger partial charge in [-0.25, -0.2) is 0 Å². The molecule has 1 saturated carbocycles. The first-order valence-electron chi connectivity index (χ1n) is 9.64. The zero-order valence-corrected chi connectivity index (χ0v) is 16.5. The summed E-state index contributed by atoms with van der Waals surface area (Å²) in [5, 5.41) is 5.81. The summed E-state index contributed by atoms with van der Waals surface area (Å²) in [5.41, 5.74) is 0.0211. The second-order valence-electron chi connectivity index (χ2n) is 6.67. The first-order valence-corrected chi connectivity index (χ1v) is 9.64. The zero-order chi connectivity index (χ0) is 19.7. The molecule has 0 aromatic heterocycles. The third-order valence-electron chi connectivity index (χ3n) is 4.76. The Labute approximate surface area is 161 Å². The van der Waals surface area contributed by atoms with Gasteiger partial charge in [-0.1, -0.05) is 25.3 Å². The van der Waals surface area contributed by atoms with Gasteiger partial charge < -0.3 is 20.1 Å². The smallest absolute Gasteiger partial charge is 0.245 e. The van der Waals surface area contributed by atoms with Crippen molar-refractivity contribution in [3.05, 3.63) is 29.8 Å². The van der Waals surface area contributed by atoms with Crippen LogP contribution in [0.1, 0.15) is 51.5 Å². The molecule has 2 rings (SSSR count). The zero-order valence-electron chi connectivity index (χ0n) is 16.5. The molecule has 1 fully saturated rings. The average molecular weight is 374 g/mol. The largest absolute Gasteiger partial charge is 0.493 e. The van der Waals surface area contributed by atoms with E-state index in [4.69, 9.17) is 9.47 Å². The molecule has 0 bridgehead atoms. The highest BCUT2D eigenvalue weighted by atomic mass is 16.5. The number of methoxy groups -OCH3 is 1. The van der Waals surface area contributed by atoms with E-state index < -0.39 is 5.54 Å². The second kappa shape index (κ2) is 10.00. The summed E-state index contributed by atoms with van der Waals surface area (Å²) >= 11 is 0. The molecule has 1 aromatic rings. The van der Waals surface area contributed by atoms with E-state index in [9.17, 15) is 9.59 Å². The number of likely N-dealkylation sites (N-methyl/N-ethyl adjacent to an activating group) is 1. The number of amides is 2. The summed E-state index contributed by atoms with van der Waals surface area (Å²) in [6, 6.07) is 5.49. The van der Waals surface area contributed by atoms with Crippen LogP contribution in [0.2, 0.25) is 0 Å². The van der Waals surface area contributed by atoms with Gasteiger partial charge >= 0.3 is 0 Å². The van der Waals surface area contributed by atoms with Gasteiger partial charge in [-0.3, -0.25) is 9.59 Å². The van der Waals surface area contributed by atoms with E-state index in [1.54, 1.807) is 13.2 Å². The van der Waals surface area contributed by atoms with Crippen molar-refractivity contribution in [2.24, 2.45) is 0 Å². The number of hydrogen-bond donors (Lipinski definition) is 2. The van der Waals surface area contributed by atoms with Gasteiger partial charge in [-0.05, 0) is 50.5 Å². The van der Waals surface area contributed by atoms with Crippen molar-refractivity contribution in [3.8, 4) is 11.5 Å². The monoisotopic (exact) mass is 374 g/mol. The second-order valence-corrected chi connectivity index (χ2v) is 6.67. The van der Waals surface area contributed by atoms with E-state index in [0.717, 1.165) is 24.8 Å². The van der Waals surface area contributed by atoms with Gasteiger partial charge in [0.15, 0.2) is 11.5 Å². The fraction of sp³-hybridized carbons (Fsp3) is 0.524. The van der Waals surface area contributed by atoms with Crippen LogP contribution < -0.4 is 20.1 Å². The van der Waals surface area contributed by atoms with E-state index in [1.165, 1.54) is 6.08 Å². The molecular weight excluding hydrogens is 344 g/mol. The highest BCUT2D eigenvalue weighted by molar-refractivity contribution is 5.97. The molecule has 0 unspecified atom stereocenters. The van der Waals surface area contributed by atoms with Crippen LogP contribution in [0.4, 0.5) is 0 Å². The van der Waals surface area contributed by atoms with Crippen LogP contribution in [-0.4, -0.2) is 37.6 Å². The van der Waals surface area contributed by atoms with Crippen LogP contribution in [-0.2, 0) is 9.59 Å².